The molecule has 2 aromatic rings. The van der Waals surface area contributed by atoms with Gasteiger partial charge >= 0.3 is 0 Å². The molecule has 2 N–H and O–H groups in total. The number of rotatable bonds is 5. The summed E-state index contributed by atoms with van der Waals surface area (Å²) in [5.41, 5.74) is 4.02. The number of likely N-dealkylation sites (N-methyl/N-ethyl adjacent to an activating group) is 1. The van der Waals surface area contributed by atoms with E-state index in [9.17, 15) is 4.79 Å². The minimum atomic E-state index is -0.0116. The van der Waals surface area contributed by atoms with Gasteiger partial charge in [-0.3, -0.25) is 4.79 Å². The average molecular weight is 506 g/mol. The van der Waals surface area contributed by atoms with Gasteiger partial charge in [0.1, 0.15) is 6.54 Å². The summed E-state index contributed by atoms with van der Waals surface area (Å²) in [7, 11) is 3.51. The lowest BCUT2D eigenvalue weighted by Crippen LogP contribution is -2.46. The summed E-state index contributed by atoms with van der Waals surface area (Å²) >= 11 is 0. The number of carbonyl (C=O) groups excluding carboxylic acids is 1. The Morgan fingerprint density at radius 1 is 1.10 bits per heavy atom. The molecule has 6 heteroatoms. The molecule has 5 nitrogen and oxygen atoms in total. The summed E-state index contributed by atoms with van der Waals surface area (Å²) in [5, 5.41) is 7.03. The number of guanidine groups is 1. The molecule has 2 aromatic carbocycles. The fraction of sp³-hybridized carbons (Fsp3) is 0.391. The standard InChI is InChI=1S/C23H30N4O.HI/c1-17(18-9-5-4-6-10-18)25-23(24-16-22(28)27(2)3)26-21-14-13-19-11-7-8-12-20(19)15-21;/h4-12,17,21H,13-16H2,1-3H3,(H2,24,25,26);1H. The molecule has 2 atom stereocenters. The topological polar surface area (TPSA) is 56.7 Å². The van der Waals surface area contributed by atoms with Crippen LogP contribution in [0.4, 0.5) is 0 Å². The first-order valence-corrected chi connectivity index (χ1v) is 9.92. The number of hydrogen-bond acceptors (Lipinski definition) is 2. The number of halogens is 1. The van der Waals surface area contributed by atoms with Crippen molar-refractivity contribution in [2.24, 2.45) is 4.99 Å². The average Bonchev–Trinajstić information content (AvgIpc) is 2.72. The molecule has 1 amide bonds. The largest absolute Gasteiger partial charge is 0.353 e. The van der Waals surface area contributed by atoms with Crippen LogP contribution >= 0.6 is 24.0 Å². The van der Waals surface area contributed by atoms with E-state index in [1.54, 1.807) is 19.0 Å². The zero-order valence-electron chi connectivity index (χ0n) is 17.4. The molecule has 2 unspecified atom stereocenters. The van der Waals surface area contributed by atoms with Crippen LogP contribution in [0.3, 0.4) is 0 Å². The van der Waals surface area contributed by atoms with Crippen LogP contribution in [0, 0.1) is 0 Å². The van der Waals surface area contributed by atoms with Crippen molar-refractivity contribution in [3.8, 4) is 0 Å². The van der Waals surface area contributed by atoms with Gasteiger partial charge in [0, 0.05) is 20.1 Å². The van der Waals surface area contributed by atoms with Crippen LogP contribution < -0.4 is 10.6 Å². The summed E-state index contributed by atoms with van der Waals surface area (Å²) in [4.78, 5) is 18.2. The van der Waals surface area contributed by atoms with Crippen molar-refractivity contribution < 1.29 is 4.79 Å². The molecule has 0 spiro atoms. The van der Waals surface area contributed by atoms with Crippen LogP contribution in [0.15, 0.2) is 59.6 Å². The molecular formula is C23H31IN4O. The number of hydrogen-bond donors (Lipinski definition) is 2. The van der Waals surface area contributed by atoms with E-state index in [1.165, 1.54) is 16.7 Å². The number of nitrogens with zero attached hydrogens (tertiary/aromatic N) is 2. The molecule has 0 fully saturated rings. The molecule has 0 bridgehead atoms. The van der Waals surface area contributed by atoms with Crippen LogP contribution in [0.1, 0.15) is 36.1 Å². The predicted octanol–water partition coefficient (Wildman–Crippen LogP) is 3.55. The van der Waals surface area contributed by atoms with Gasteiger partial charge in [0.15, 0.2) is 5.96 Å². The highest BCUT2D eigenvalue weighted by atomic mass is 127. The second kappa shape index (κ2) is 11.2. The molecule has 0 saturated carbocycles. The third-order valence-electron chi connectivity index (χ3n) is 5.21. The van der Waals surface area contributed by atoms with Crippen molar-refractivity contribution in [2.75, 3.05) is 20.6 Å². The van der Waals surface area contributed by atoms with Crippen LogP contribution in [-0.2, 0) is 17.6 Å². The molecule has 1 aliphatic carbocycles. The van der Waals surface area contributed by atoms with E-state index in [4.69, 9.17) is 0 Å². The molecule has 0 aromatic heterocycles. The molecule has 1 aliphatic rings. The van der Waals surface area contributed by atoms with Gasteiger partial charge in [0.25, 0.3) is 0 Å². The van der Waals surface area contributed by atoms with Gasteiger partial charge in [-0.25, -0.2) is 4.99 Å². The lowest BCUT2D eigenvalue weighted by atomic mass is 9.88. The lowest BCUT2D eigenvalue weighted by molar-refractivity contribution is -0.127. The Balaban J connectivity index is 0.00000300. The molecule has 0 radical (unpaired) electrons. The number of benzene rings is 2. The highest BCUT2D eigenvalue weighted by molar-refractivity contribution is 14.0. The van der Waals surface area contributed by atoms with Crippen molar-refractivity contribution in [3.05, 3.63) is 71.3 Å². The van der Waals surface area contributed by atoms with Crippen LogP contribution in [0.2, 0.25) is 0 Å². The minimum Gasteiger partial charge on any atom is -0.353 e. The smallest absolute Gasteiger partial charge is 0.243 e. The van der Waals surface area contributed by atoms with Crippen molar-refractivity contribution in [3.63, 3.8) is 0 Å². The fourth-order valence-electron chi connectivity index (χ4n) is 3.47. The van der Waals surface area contributed by atoms with Crippen LogP contribution in [-0.4, -0.2) is 43.4 Å². The third kappa shape index (κ3) is 6.73. The van der Waals surface area contributed by atoms with E-state index in [0.717, 1.165) is 19.3 Å². The van der Waals surface area contributed by atoms with E-state index in [0.29, 0.717) is 12.0 Å². The highest BCUT2D eigenvalue weighted by Gasteiger charge is 2.20. The Morgan fingerprint density at radius 3 is 2.45 bits per heavy atom. The number of aryl methyl sites for hydroxylation is 1. The number of amides is 1. The number of aliphatic imine (C=N–C) groups is 1. The zero-order chi connectivity index (χ0) is 19.9. The van der Waals surface area contributed by atoms with Gasteiger partial charge in [-0.15, -0.1) is 24.0 Å². The zero-order valence-corrected chi connectivity index (χ0v) is 19.7. The Kier molecular flexibility index (Phi) is 8.95. The number of fused-ring (bicyclic) bond motifs is 1. The second-order valence-corrected chi connectivity index (χ2v) is 7.58. The van der Waals surface area contributed by atoms with Crippen molar-refractivity contribution in [1.82, 2.24) is 15.5 Å². The molecular weight excluding hydrogens is 475 g/mol. The minimum absolute atomic E-state index is 0. The second-order valence-electron chi connectivity index (χ2n) is 7.58. The first kappa shape index (κ1) is 23.2. The van der Waals surface area contributed by atoms with Crippen LogP contribution in [0.5, 0.6) is 0 Å². The lowest BCUT2D eigenvalue weighted by Gasteiger charge is -2.28. The third-order valence-corrected chi connectivity index (χ3v) is 5.21. The highest BCUT2D eigenvalue weighted by Crippen LogP contribution is 2.21. The Bertz CT molecular complexity index is 823. The molecule has 29 heavy (non-hydrogen) atoms. The van der Waals surface area contributed by atoms with Gasteiger partial charge in [0.05, 0.1) is 6.04 Å². The molecule has 0 aliphatic heterocycles. The normalized spacial score (nSPS) is 16.8. The monoisotopic (exact) mass is 506 g/mol. The fourth-order valence-corrected chi connectivity index (χ4v) is 3.47. The first-order valence-electron chi connectivity index (χ1n) is 9.92. The molecule has 0 saturated heterocycles. The van der Waals surface area contributed by atoms with E-state index < -0.39 is 0 Å². The van der Waals surface area contributed by atoms with Crippen molar-refractivity contribution in [1.29, 1.82) is 0 Å². The van der Waals surface area contributed by atoms with Gasteiger partial charge < -0.3 is 15.5 Å². The Labute approximate surface area is 191 Å². The van der Waals surface area contributed by atoms with Gasteiger partial charge in [-0.2, -0.15) is 0 Å². The van der Waals surface area contributed by atoms with E-state index in [-0.39, 0.29) is 42.5 Å². The summed E-state index contributed by atoms with van der Waals surface area (Å²) in [6, 6.07) is 19.3. The molecule has 156 valence electrons. The first-order chi connectivity index (χ1) is 13.5. The quantitative estimate of drug-likeness (QED) is 0.371. The Hall–Kier alpha value is -2.09. The van der Waals surface area contributed by atoms with Crippen molar-refractivity contribution >= 4 is 35.8 Å². The SMILES string of the molecule is CC(NC(=NCC(=O)N(C)C)NC1CCc2ccccc2C1)c1ccccc1.I. The summed E-state index contributed by atoms with van der Waals surface area (Å²) in [6.45, 7) is 2.24. The maximum absolute atomic E-state index is 12.0. The Morgan fingerprint density at radius 2 is 1.76 bits per heavy atom. The summed E-state index contributed by atoms with van der Waals surface area (Å²) in [6.07, 6.45) is 3.09. The van der Waals surface area contributed by atoms with Gasteiger partial charge in [-0.1, -0.05) is 54.6 Å². The van der Waals surface area contributed by atoms with E-state index in [1.807, 2.05) is 18.2 Å². The van der Waals surface area contributed by atoms with Crippen LogP contribution in [0.25, 0.3) is 0 Å². The molecule has 0 heterocycles. The summed E-state index contributed by atoms with van der Waals surface area (Å²) < 4.78 is 0. The summed E-state index contributed by atoms with van der Waals surface area (Å²) in [5.74, 6) is 0.679. The van der Waals surface area contributed by atoms with Crippen molar-refractivity contribution in [2.45, 2.75) is 38.3 Å². The van der Waals surface area contributed by atoms with Gasteiger partial charge in [0.2, 0.25) is 5.91 Å². The maximum Gasteiger partial charge on any atom is 0.243 e. The molecule has 3 rings (SSSR count). The number of carbonyl (C=O) groups is 1. The maximum atomic E-state index is 12.0. The number of nitrogens with one attached hydrogen (secondary N) is 2. The van der Waals surface area contributed by atoms with E-state index >= 15 is 0 Å². The predicted molar refractivity (Wildman–Crippen MR) is 130 cm³/mol. The van der Waals surface area contributed by atoms with E-state index in [2.05, 4.69) is 58.9 Å². The van der Waals surface area contributed by atoms with Gasteiger partial charge in [-0.05, 0) is 42.9 Å².